The van der Waals surface area contributed by atoms with Gasteiger partial charge in [-0.05, 0) is 23.6 Å². The summed E-state index contributed by atoms with van der Waals surface area (Å²) in [5.41, 5.74) is 1.33. The molecule has 0 N–H and O–H groups in total. The van der Waals surface area contributed by atoms with E-state index in [0.29, 0.717) is 6.73 Å². The molecule has 1 radical (unpaired) electrons. The number of nitrogens with zero attached hydrogens (tertiary/aromatic N) is 1. The standard InChI is InChI=1S/C18H30NOSi2/c1-6-21(7-2)18-14-16-10-8-9-11-17(16)19(18)15-20-12-13-22(3,4)5/h8-11,14H,6-7,12-13,15H2,1-5H3. The van der Waals surface area contributed by atoms with Crippen LogP contribution in [0.3, 0.4) is 0 Å². The summed E-state index contributed by atoms with van der Waals surface area (Å²) in [6.45, 7) is 13.5. The number of rotatable bonds is 8. The molecule has 1 heterocycles. The Labute approximate surface area is 138 Å². The first kappa shape index (κ1) is 17.5. The molecular formula is C18H30NOSi2. The molecule has 2 aromatic rings. The molecule has 0 unspecified atom stereocenters. The second kappa shape index (κ2) is 7.62. The lowest BCUT2D eigenvalue weighted by Crippen LogP contribution is -2.35. The Kier molecular flexibility index (Phi) is 6.06. The summed E-state index contributed by atoms with van der Waals surface area (Å²) in [7, 11) is -1.47. The van der Waals surface area contributed by atoms with Gasteiger partial charge in [-0.25, -0.2) is 0 Å². The highest BCUT2D eigenvalue weighted by molar-refractivity contribution is 6.76. The van der Waals surface area contributed by atoms with Gasteiger partial charge in [0, 0.05) is 25.5 Å². The molecule has 2 rings (SSSR count). The second-order valence-corrected chi connectivity index (χ2v) is 15.9. The van der Waals surface area contributed by atoms with Gasteiger partial charge in [0.25, 0.3) is 0 Å². The van der Waals surface area contributed by atoms with Crippen LogP contribution in [0.4, 0.5) is 0 Å². The predicted octanol–water partition coefficient (Wildman–Crippen LogP) is 4.70. The van der Waals surface area contributed by atoms with Crippen LogP contribution in [0.15, 0.2) is 30.3 Å². The fourth-order valence-corrected chi connectivity index (χ4v) is 5.70. The molecule has 2 nitrogen and oxygen atoms in total. The number of benzene rings is 1. The van der Waals surface area contributed by atoms with Crippen molar-refractivity contribution in [2.24, 2.45) is 0 Å². The third kappa shape index (κ3) is 4.34. The van der Waals surface area contributed by atoms with Gasteiger partial charge in [0.05, 0.1) is 0 Å². The fourth-order valence-electron chi connectivity index (χ4n) is 2.79. The third-order valence-corrected chi connectivity index (χ3v) is 8.79. The Bertz CT molecular complexity index is 597. The van der Waals surface area contributed by atoms with Crippen LogP contribution in [0.25, 0.3) is 10.9 Å². The first-order valence-electron chi connectivity index (χ1n) is 8.47. The molecule has 0 aliphatic rings. The molecule has 0 atom stereocenters. The SMILES string of the molecule is CC[Si](CC)c1cc2ccccc2n1COCC[Si](C)(C)C. The van der Waals surface area contributed by atoms with E-state index < -0.39 is 16.9 Å². The van der Waals surface area contributed by atoms with E-state index in [1.54, 1.807) is 0 Å². The van der Waals surface area contributed by atoms with Gasteiger partial charge in [-0.3, -0.25) is 0 Å². The Balaban J connectivity index is 2.20. The maximum absolute atomic E-state index is 6.06. The number of para-hydroxylation sites is 1. The molecule has 1 aromatic carbocycles. The van der Waals surface area contributed by atoms with Gasteiger partial charge >= 0.3 is 0 Å². The van der Waals surface area contributed by atoms with Crippen molar-refractivity contribution in [1.29, 1.82) is 0 Å². The number of aromatic nitrogens is 1. The normalized spacial score (nSPS) is 12.5. The summed E-state index contributed by atoms with van der Waals surface area (Å²) in [6, 6.07) is 14.9. The highest BCUT2D eigenvalue weighted by Gasteiger charge is 2.18. The van der Waals surface area contributed by atoms with Crippen molar-refractivity contribution in [3.8, 4) is 0 Å². The van der Waals surface area contributed by atoms with Crippen LogP contribution < -0.4 is 5.32 Å². The molecule has 0 aliphatic carbocycles. The van der Waals surface area contributed by atoms with Gasteiger partial charge < -0.3 is 9.30 Å². The molecule has 22 heavy (non-hydrogen) atoms. The van der Waals surface area contributed by atoms with E-state index in [-0.39, 0.29) is 0 Å². The van der Waals surface area contributed by atoms with Gasteiger partial charge in [0.15, 0.2) is 0 Å². The van der Waals surface area contributed by atoms with Gasteiger partial charge in [-0.1, -0.05) is 63.8 Å². The largest absolute Gasteiger partial charge is 0.361 e. The zero-order valence-corrected chi connectivity index (χ0v) is 16.8. The number of hydrogen-bond acceptors (Lipinski definition) is 1. The van der Waals surface area contributed by atoms with E-state index in [1.807, 2.05) is 0 Å². The Morgan fingerprint density at radius 3 is 2.41 bits per heavy atom. The first-order chi connectivity index (χ1) is 10.5. The molecule has 0 amide bonds. The first-order valence-corrected chi connectivity index (χ1v) is 14.1. The summed E-state index contributed by atoms with van der Waals surface area (Å²) in [5, 5.41) is 2.89. The molecule has 4 heteroatoms. The Morgan fingerprint density at radius 2 is 1.77 bits per heavy atom. The van der Waals surface area contributed by atoms with Gasteiger partial charge in [-0.15, -0.1) is 0 Å². The molecule has 1 aromatic heterocycles. The summed E-state index contributed by atoms with van der Waals surface area (Å²) in [6.07, 6.45) is 0. The molecule has 0 spiro atoms. The number of fused-ring (bicyclic) bond motifs is 1. The number of hydrogen-bond donors (Lipinski definition) is 0. The van der Waals surface area contributed by atoms with Crippen molar-refractivity contribution in [3.63, 3.8) is 0 Å². The summed E-state index contributed by atoms with van der Waals surface area (Å²) < 4.78 is 8.49. The number of ether oxygens (including phenoxy) is 1. The average Bonchev–Trinajstić information content (AvgIpc) is 2.83. The van der Waals surface area contributed by atoms with Gasteiger partial charge in [-0.2, -0.15) is 0 Å². The van der Waals surface area contributed by atoms with E-state index in [4.69, 9.17) is 4.74 Å². The van der Waals surface area contributed by atoms with Crippen LogP contribution in [0.2, 0.25) is 37.8 Å². The Hall–Kier alpha value is -0.846. The summed E-state index contributed by atoms with van der Waals surface area (Å²) in [5.74, 6) is 0. The van der Waals surface area contributed by atoms with Crippen LogP contribution in [0, 0.1) is 0 Å². The molecule has 0 aliphatic heterocycles. The molecule has 121 valence electrons. The van der Waals surface area contributed by atoms with Crippen molar-refractivity contribution in [3.05, 3.63) is 30.3 Å². The fraction of sp³-hybridized carbons (Fsp3) is 0.556. The zero-order valence-electron chi connectivity index (χ0n) is 14.8. The molecule has 0 saturated heterocycles. The molecular weight excluding hydrogens is 302 g/mol. The monoisotopic (exact) mass is 332 g/mol. The minimum atomic E-state index is -1.01. The molecule has 0 fully saturated rings. The van der Waals surface area contributed by atoms with Gasteiger partial charge in [0.1, 0.15) is 15.5 Å². The van der Waals surface area contributed by atoms with Crippen LogP contribution in [-0.2, 0) is 11.5 Å². The summed E-state index contributed by atoms with van der Waals surface area (Å²) >= 11 is 0. The lowest BCUT2D eigenvalue weighted by molar-refractivity contribution is 0.0920. The smallest absolute Gasteiger partial charge is 0.122 e. The summed E-state index contributed by atoms with van der Waals surface area (Å²) in [4.78, 5) is 0. The highest BCUT2D eigenvalue weighted by Crippen LogP contribution is 2.17. The highest BCUT2D eigenvalue weighted by atomic mass is 28.3. The van der Waals surface area contributed by atoms with E-state index in [1.165, 1.54) is 34.4 Å². The van der Waals surface area contributed by atoms with Crippen LogP contribution in [-0.4, -0.2) is 28.0 Å². The van der Waals surface area contributed by atoms with Gasteiger partial charge in [0.2, 0.25) is 0 Å². The third-order valence-electron chi connectivity index (χ3n) is 4.24. The van der Waals surface area contributed by atoms with E-state index >= 15 is 0 Å². The van der Waals surface area contributed by atoms with Crippen molar-refractivity contribution in [2.45, 2.75) is 58.4 Å². The maximum atomic E-state index is 6.06. The predicted molar refractivity (Wildman–Crippen MR) is 102 cm³/mol. The van der Waals surface area contributed by atoms with Crippen molar-refractivity contribution >= 4 is 33.1 Å². The van der Waals surface area contributed by atoms with Crippen molar-refractivity contribution < 1.29 is 4.74 Å². The zero-order chi connectivity index (χ0) is 16.2. The van der Waals surface area contributed by atoms with Crippen LogP contribution in [0.5, 0.6) is 0 Å². The van der Waals surface area contributed by atoms with E-state index in [0.717, 1.165) is 6.61 Å². The molecule has 0 bridgehead atoms. The molecule has 0 saturated carbocycles. The van der Waals surface area contributed by atoms with E-state index in [2.05, 4.69) is 68.4 Å². The van der Waals surface area contributed by atoms with Crippen LogP contribution >= 0.6 is 0 Å². The van der Waals surface area contributed by atoms with Crippen molar-refractivity contribution in [2.75, 3.05) is 6.61 Å². The minimum absolute atomic E-state index is 0.465. The van der Waals surface area contributed by atoms with Crippen molar-refractivity contribution in [1.82, 2.24) is 4.57 Å². The topological polar surface area (TPSA) is 14.2 Å². The Morgan fingerprint density at radius 1 is 1.09 bits per heavy atom. The van der Waals surface area contributed by atoms with E-state index in [9.17, 15) is 0 Å². The minimum Gasteiger partial charge on any atom is -0.361 e. The average molecular weight is 333 g/mol. The quantitative estimate of drug-likeness (QED) is 0.505. The maximum Gasteiger partial charge on any atom is 0.122 e. The lowest BCUT2D eigenvalue weighted by Gasteiger charge is -2.18. The lowest BCUT2D eigenvalue weighted by atomic mass is 10.2. The van der Waals surface area contributed by atoms with Crippen LogP contribution in [0.1, 0.15) is 13.8 Å². The second-order valence-electron chi connectivity index (χ2n) is 7.18.